The lowest BCUT2D eigenvalue weighted by atomic mass is 10.1. The maximum absolute atomic E-state index is 12.0. The summed E-state index contributed by atoms with van der Waals surface area (Å²) in [5.74, 6) is -1.29. The normalized spacial score (nSPS) is 11.0. The molecule has 2 aromatic rings. The Hall–Kier alpha value is -2.89. The van der Waals surface area contributed by atoms with Crippen LogP contribution in [0.25, 0.3) is 5.69 Å². The summed E-state index contributed by atoms with van der Waals surface area (Å²) in [4.78, 5) is 25.4. The van der Waals surface area contributed by atoms with Crippen LogP contribution in [-0.4, -0.2) is 40.6 Å². The number of benzene rings is 1. The summed E-state index contributed by atoms with van der Waals surface area (Å²) in [6.07, 6.45) is 1.58. The molecular formula is C21H28N4O2. The number of hydrogen-bond acceptors (Lipinski definition) is 3. The Morgan fingerprint density at radius 1 is 1.11 bits per heavy atom. The molecule has 1 aromatic carbocycles. The minimum atomic E-state index is -0.724. The Bertz CT molecular complexity index is 856. The van der Waals surface area contributed by atoms with E-state index in [1.807, 2.05) is 39.8 Å². The number of amides is 2. The Labute approximate surface area is 160 Å². The smallest absolute Gasteiger partial charge is 0.329 e. The number of rotatable bonds is 5. The number of likely N-dealkylation sites (N-methyl/N-ethyl adjacent to an activating group) is 1. The number of aryl methyl sites for hydroxylation is 3. The molecule has 0 atom stereocenters. The van der Waals surface area contributed by atoms with Crippen LogP contribution in [0.1, 0.15) is 41.9 Å². The number of hydrazone groups is 1. The fraction of sp³-hybridized carbons (Fsp3) is 0.381. The number of para-hydroxylation sites is 1. The monoisotopic (exact) mass is 368 g/mol. The molecule has 1 heterocycles. The van der Waals surface area contributed by atoms with Crippen molar-refractivity contribution in [3.05, 3.63) is 52.3 Å². The van der Waals surface area contributed by atoms with Gasteiger partial charge in [0.15, 0.2) is 0 Å². The van der Waals surface area contributed by atoms with E-state index in [1.54, 1.807) is 6.21 Å². The zero-order valence-electron chi connectivity index (χ0n) is 17.0. The van der Waals surface area contributed by atoms with Crippen molar-refractivity contribution in [2.45, 2.75) is 41.5 Å². The van der Waals surface area contributed by atoms with E-state index in [9.17, 15) is 9.59 Å². The number of hydrogen-bond donors (Lipinski definition) is 1. The first-order chi connectivity index (χ1) is 12.8. The van der Waals surface area contributed by atoms with Gasteiger partial charge in [-0.05, 0) is 58.7 Å². The number of nitrogens with one attached hydrogen (secondary N) is 1. The van der Waals surface area contributed by atoms with Gasteiger partial charge in [0.1, 0.15) is 0 Å². The van der Waals surface area contributed by atoms with Crippen LogP contribution in [0.15, 0.2) is 29.4 Å². The van der Waals surface area contributed by atoms with Gasteiger partial charge in [-0.15, -0.1) is 0 Å². The molecule has 0 bridgehead atoms. The molecule has 6 nitrogen and oxygen atoms in total. The van der Waals surface area contributed by atoms with Crippen LogP contribution in [0, 0.1) is 27.7 Å². The Morgan fingerprint density at radius 2 is 1.70 bits per heavy atom. The van der Waals surface area contributed by atoms with Gasteiger partial charge in [0.25, 0.3) is 0 Å². The first-order valence-corrected chi connectivity index (χ1v) is 9.19. The van der Waals surface area contributed by atoms with E-state index < -0.39 is 11.8 Å². The van der Waals surface area contributed by atoms with Crippen molar-refractivity contribution in [1.82, 2.24) is 14.9 Å². The molecule has 0 aliphatic heterocycles. The minimum absolute atomic E-state index is 0.489. The summed E-state index contributed by atoms with van der Waals surface area (Å²) in [5.41, 5.74) is 8.88. The van der Waals surface area contributed by atoms with Crippen molar-refractivity contribution in [2.75, 3.05) is 13.1 Å². The summed E-state index contributed by atoms with van der Waals surface area (Å²) in [6, 6.07) is 8.25. The fourth-order valence-electron chi connectivity index (χ4n) is 3.28. The van der Waals surface area contributed by atoms with Gasteiger partial charge in [-0.3, -0.25) is 9.59 Å². The zero-order valence-corrected chi connectivity index (χ0v) is 17.0. The molecule has 0 fully saturated rings. The topological polar surface area (TPSA) is 66.7 Å². The molecule has 2 amide bonds. The lowest BCUT2D eigenvalue weighted by Gasteiger charge is -2.16. The largest absolute Gasteiger partial charge is 0.335 e. The molecule has 1 N–H and O–H groups in total. The second-order valence-corrected chi connectivity index (χ2v) is 6.58. The molecule has 0 unspecified atom stereocenters. The van der Waals surface area contributed by atoms with Gasteiger partial charge in [-0.25, -0.2) is 5.43 Å². The summed E-state index contributed by atoms with van der Waals surface area (Å²) in [6.45, 7) is 12.9. The van der Waals surface area contributed by atoms with Crippen LogP contribution in [0.3, 0.4) is 0 Å². The highest BCUT2D eigenvalue weighted by Gasteiger charge is 2.18. The molecule has 0 saturated heterocycles. The van der Waals surface area contributed by atoms with E-state index in [0.717, 1.165) is 22.6 Å². The first-order valence-electron chi connectivity index (χ1n) is 9.19. The van der Waals surface area contributed by atoms with Gasteiger partial charge >= 0.3 is 11.8 Å². The van der Waals surface area contributed by atoms with Crippen LogP contribution in [-0.2, 0) is 9.59 Å². The average molecular weight is 368 g/mol. The predicted molar refractivity (Wildman–Crippen MR) is 108 cm³/mol. The third-order valence-corrected chi connectivity index (χ3v) is 4.75. The van der Waals surface area contributed by atoms with Crippen LogP contribution in [0.4, 0.5) is 0 Å². The van der Waals surface area contributed by atoms with E-state index >= 15 is 0 Å². The number of carbonyl (C=O) groups excluding carboxylic acids is 2. The maximum Gasteiger partial charge on any atom is 0.329 e. The van der Waals surface area contributed by atoms with Gasteiger partial charge in [0, 0.05) is 30.0 Å². The van der Waals surface area contributed by atoms with Crippen molar-refractivity contribution in [2.24, 2.45) is 5.10 Å². The van der Waals surface area contributed by atoms with Crippen molar-refractivity contribution in [1.29, 1.82) is 0 Å². The zero-order chi connectivity index (χ0) is 20.1. The quantitative estimate of drug-likeness (QED) is 0.501. The second-order valence-electron chi connectivity index (χ2n) is 6.58. The summed E-state index contributed by atoms with van der Waals surface area (Å²) < 4.78 is 2.19. The summed E-state index contributed by atoms with van der Waals surface area (Å²) >= 11 is 0. The van der Waals surface area contributed by atoms with Crippen molar-refractivity contribution < 1.29 is 9.59 Å². The summed E-state index contributed by atoms with van der Waals surface area (Å²) in [7, 11) is 0. The van der Waals surface area contributed by atoms with Gasteiger partial charge in [0.2, 0.25) is 0 Å². The molecule has 0 spiro atoms. The Balaban J connectivity index is 2.23. The highest BCUT2D eigenvalue weighted by atomic mass is 16.2. The predicted octanol–water partition coefficient (Wildman–Crippen LogP) is 3.03. The lowest BCUT2D eigenvalue weighted by molar-refractivity contribution is -0.145. The fourth-order valence-corrected chi connectivity index (χ4v) is 3.28. The minimum Gasteiger partial charge on any atom is -0.335 e. The lowest BCUT2D eigenvalue weighted by Crippen LogP contribution is -2.41. The van der Waals surface area contributed by atoms with Gasteiger partial charge in [-0.1, -0.05) is 18.2 Å². The average Bonchev–Trinajstić information content (AvgIpc) is 2.90. The molecule has 0 radical (unpaired) electrons. The van der Waals surface area contributed by atoms with Crippen LogP contribution < -0.4 is 5.43 Å². The molecule has 27 heavy (non-hydrogen) atoms. The van der Waals surface area contributed by atoms with E-state index in [2.05, 4.69) is 41.1 Å². The maximum atomic E-state index is 12.0. The molecule has 0 saturated carbocycles. The third-order valence-electron chi connectivity index (χ3n) is 4.75. The Morgan fingerprint density at radius 3 is 2.26 bits per heavy atom. The van der Waals surface area contributed by atoms with Crippen molar-refractivity contribution in [3.8, 4) is 5.69 Å². The second kappa shape index (κ2) is 8.66. The van der Waals surface area contributed by atoms with Crippen LogP contribution >= 0.6 is 0 Å². The number of carbonyl (C=O) groups is 2. The molecule has 144 valence electrons. The molecule has 0 aliphatic carbocycles. The SMILES string of the molecule is CCN(CC)C(=O)C(=O)NN=Cc1cc(C)n(-c2c(C)cccc2C)c1C. The molecule has 2 rings (SSSR count). The molecule has 0 aliphatic rings. The van der Waals surface area contributed by atoms with Crippen LogP contribution in [0.5, 0.6) is 0 Å². The van der Waals surface area contributed by atoms with Crippen molar-refractivity contribution in [3.63, 3.8) is 0 Å². The first kappa shape index (κ1) is 20.4. The highest BCUT2D eigenvalue weighted by molar-refractivity contribution is 6.34. The number of aromatic nitrogens is 1. The van der Waals surface area contributed by atoms with E-state index in [-0.39, 0.29) is 0 Å². The van der Waals surface area contributed by atoms with E-state index in [0.29, 0.717) is 13.1 Å². The standard InChI is InChI=1S/C21H28N4O2/c1-7-24(8-2)21(27)20(26)23-22-13-18-12-16(5)25(17(18)6)19-14(3)10-9-11-15(19)4/h9-13H,7-8H2,1-6H3,(H,23,26). The number of nitrogens with zero attached hydrogens (tertiary/aromatic N) is 3. The summed E-state index contributed by atoms with van der Waals surface area (Å²) in [5, 5.41) is 3.98. The van der Waals surface area contributed by atoms with Gasteiger partial charge in [-0.2, -0.15) is 5.10 Å². The van der Waals surface area contributed by atoms with E-state index in [1.165, 1.54) is 16.0 Å². The third kappa shape index (κ3) is 4.27. The highest BCUT2D eigenvalue weighted by Crippen LogP contribution is 2.25. The van der Waals surface area contributed by atoms with Gasteiger partial charge in [0.05, 0.1) is 11.9 Å². The molecule has 1 aromatic heterocycles. The molecular weight excluding hydrogens is 340 g/mol. The molecule has 6 heteroatoms. The Kier molecular flexibility index (Phi) is 6.55. The van der Waals surface area contributed by atoms with E-state index in [4.69, 9.17) is 0 Å². The van der Waals surface area contributed by atoms with Crippen LogP contribution in [0.2, 0.25) is 0 Å². The van der Waals surface area contributed by atoms with Gasteiger partial charge < -0.3 is 9.47 Å². The van der Waals surface area contributed by atoms with Crippen molar-refractivity contribution >= 4 is 18.0 Å².